The zero-order valence-electron chi connectivity index (χ0n) is 11.5. The zero-order valence-corrected chi connectivity index (χ0v) is 13.1. The lowest BCUT2D eigenvalue weighted by atomic mass is 10.1. The minimum atomic E-state index is -4.55. The number of carbonyl (C=O) groups excluding carboxylic acids is 1. The first-order chi connectivity index (χ1) is 9.79. The zero-order chi connectivity index (χ0) is 15.6. The number of alkyl halides is 3. The fraction of sp³-hybridized carbons (Fsp3) is 0.500. The number of amides is 1. The van der Waals surface area contributed by atoms with Gasteiger partial charge in [0.05, 0.1) is 11.1 Å². The Labute approximate surface area is 129 Å². The first-order valence-corrected chi connectivity index (χ1v) is 7.43. The molecule has 3 nitrogen and oxygen atoms in total. The molecule has 1 atom stereocenters. The summed E-state index contributed by atoms with van der Waals surface area (Å²) in [5.41, 5.74) is -1.26. The van der Waals surface area contributed by atoms with Gasteiger partial charge < -0.3 is 10.2 Å². The molecule has 0 radical (unpaired) electrons. The van der Waals surface area contributed by atoms with Gasteiger partial charge in [-0.25, -0.2) is 0 Å². The van der Waals surface area contributed by atoms with Gasteiger partial charge in [-0.05, 0) is 44.6 Å². The van der Waals surface area contributed by atoms with E-state index in [-0.39, 0.29) is 11.6 Å². The first-order valence-electron chi connectivity index (χ1n) is 6.64. The Bertz CT molecular complexity index is 533. The van der Waals surface area contributed by atoms with Crippen LogP contribution >= 0.6 is 15.9 Å². The predicted molar refractivity (Wildman–Crippen MR) is 77.1 cm³/mol. The molecule has 2 rings (SSSR count). The molecule has 1 aromatic rings. The van der Waals surface area contributed by atoms with Crippen LogP contribution < -0.4 is 5.32 Å². The van der Waals surface area contributed by atoms with E-state index in [1.54, 1.807) is 0 Å². The quantitative estimate of drug-likeness (QED) is 0.892. The third-order valence-electron chi connectivity index (χ3n) is 3.70. The van der Waals surface area contributed by atoms with Crippen LogP contribution in [0.15, 0.2) is 22.7 Å². The largest absolute Gasteiger partial charge is 0.417 e. The van der Waals surface area contributed by atoms with Gasteiger partial charge >= 0.3 is 6.18 Å². The molecule has 1 saturated heterocycles. The number of likely N-dealkylation sites (N-methyl/N-ethyl adjacent to an activating group) is 1. The molecule has 1 amide bonds. The van der Waals surface area contributed by atoms with E-state index >= 15 is 0 Å². The number of halogens is 4. The fourth-order valence-electron chi connectivity index (χ4n) is 2.49. The maximum Gasteiger partial charge on any atom is 0.417 e. The lowest BCUT2D eigenvalue weighted by Crippen LogP contribution is -2.38. The first kappa shape index (κ1) is 16.3. The van der Waals surface area contributed by atoms with E-state index in [1.165, 1.54) is 12.1 Å². The second-order valence-electron chi connectivity index (χ2n) is 5.17. The minimum Gasteiger partial charge on any atom is -0.350 e. The Morgan fingerprint density at radius 2 is 2.19 bits per heavy atom. The summed E-state index contributed by atoms with van der Waals surface area (Å²) in [6, 6.07) is 3.75. The van der Waals surface area contributed by atoms with Crippen LogP contribution in [0.5, 0.6) is 0 Å². The topological polar surface area (TPSA) is 32.3 Å². The summed E-state index contributed by atoms with van der Waals surface area (Å²) >= 11 is 3.00. The summed E-state index contributed by atoms with van der Waals surface area (Å²) in [7, 11) is 1.95. The summed E-state index contributed by atoms with van der Waals surface area (Å²) in [5.74, 6) is -0.685. The van der Waals surface area contributed by atoms with E-state index in [0.29, 0.717) is 11.0 Å². The number of likely N-dealkylation sites (tertiary alicyclic amines) is 1. The van der Waals surface area contributed by atoms with E-state index in [9.17, 15) is 18.0 Å². The highest BCUT2D eigenvalue weighted by Crippen LogP contribution is 2.33. The van der Waals surface area contributed by atoms with Crippen molar-refractivity contribution in [3.8, 4) is 0 Å². The van der Waals surface area contributed by atoms with Gasteiger partial charge in [-0.2, -0.15) is 13.2 Å². The lowest BCUT2D eigenvalue weighted by Gasteiger charge is -2.20. The molecule has 0 aromatic heterocycles. The van der Waals surface area contributed by atoms with Crippen LogP contribution in [-0.4, -0.2) is 37.0 Å². The normalized spacial score (nSPS) is 19.8. The van der Waals surface area contributed by atoms with E-state index in [2.05, 4.69) is 26.1 Å². The molecular weight excluding hydrogens is 349 g/mol. The third-order valence-corrected chi connectivity index (χ3v) is 4.19. The van der Waals surface area contributed by atoms with Crippen molar-refractivity contribution in [3.63, 3.8) is 0 Å². The number of hydrogen-bond donors (Lipinski definition) is 1. The molecule has 0 saturated carbocycles. The van der Waals surface area contributed by atoms with Gasteiger partial charge in [-0.15, -0.1) is 0 Å². The molecule has 0 aliphatic carbocycles. The second kappa shape index (κ2) is 6.36. The highest BCUT2D eigenvalue weighted by atomic mass is 79.9. The molecule has 1 aliphatic rings. The van der Waals surface area contributed by atoms with Crippen molar-refractivity contribution in [1.82, 2.24) is 10.2 Å². The summed E-state index contributed by atoms with van der Waals surface area (Å²) in [4.78, 5) is 14.1. The van der Waals surface area contributed by atoms with E-state index < -0.39 is 17.6 Å². The molecule has 1 aliphatic heterocycles. The van der Waals surface area contributed by atoms with Gasteiger partial charge in [0.1, 0.15) is 0 Å². The van der Waals surface area contributed by atoms with E-state index in [0.717, 1.165) is 25.5 Å². The second-order valence-corrected chi connectivity index (χ2v) is 6.09. The summed E-state index contributed by atoms with van der Waals surface area (Å²) in [5, 5.41) is 2.61. The monoisotopic (exact) mass is 364 g/mol. The molecule has 1 fully saturated rings. The van der Waals surface area contributed by atoms with Crippen LogP contribution in [0, 0.1) is 0 Å². The average Bonchev–Trinajstić information content (AvgIpc) is 2.80. The predicted octanol–water partition coefficient (Wildman–Crippen LogP) is 3.29. The highest BCUT2D eigenvalue weighted by Gasteiger charge is 2.35. The van der Waals surface area contributed by atoms with Gasteiger partial charge in [0, 0.05) is 17.1 Å². The van der Waals surface area contributed by atoms with Crippen molar-refractivity contribution in [2.24, 2.45) is 0 Å². The van der Waals surface area contributed by atoms with Gasteiger partial charge in [-0.3, -0.25) is 4.79 Å². The Kier molecular flexibility index (Phi) is 4.93. The van der Waals surface area contributed by atoms with Gasteiger partial charge in [0.15, 0.2) is 0 Å². The molecule has 1 aromatic carbocycles. The Hall–Kier alpha value is -1.08. The minimum absolute atomic E-state index is 0.193. The summed E-state index contributed by atoms with van der Waals surface area (Å²) in [6.07, 6.45) is -2.56. The highest BCUT2D eigenvalue weighted by molar-refractivity contribution is 9.10. The standard InChI is InChI=1S/C14H16BrF3N2O/c1-20-6-2-3-10(20)8-19-13(21)11-5-4-9(15)7-12(11)14(16,17)18/h4-5,7,10H,2-3,6,8H2,1H3,(H,19,21). The van der Waals surface area contributed by atoms with Crippen LogP contribution in [0.3, 0.4) is 0 Å². The van der Waals surface area contributed by atoms with Crippen molar-refractivity contribution in [2.75, 3.05) is 20.1 Å². The number of nitrogens with zero attached hydrogens (tertiary/aromatic N) is 1. The Morgan fingerprint density at radius 3 is 2.76 bits per heavy atom. The third kappa shape index (κ3) is 3.97. The fourth-order valence-corrected chi connectivity index (χ4v) is 2.85. The van der Waals surface area contributed by atoms with Crippen molar-refractivity contribution >= 4 is 21.8 Å². The molecule has 116 valence electrons. The average molecular weight is 365 g/mol. The molecule has 0 spiro atoms. The SMILES string of the molecule is CN1CCCC1CNC(=O)c1ccc(Br)cc1C(F)(F)F. The number of rotatable bonds is 3. The summed E-state index contributed by atoms with van der Waals surface area (Å²) < 4.78 is 39.2. The van der Waals surface area contributed by atoms with Crippen molar-refractivity contribution in [2.45, 2.75) is 25.1 Å². The number of hydrogen-bond acceptors (Lipinski definition) is 2. The van der Waals surface area contributed by atoms with Crippen LogP contribution in [0.2, 0.25) is 0 Å². The molecule has 21 heavy (non-hydrogen) atoms. The van der Waals surface area contributed by atoms with Crippen LogP contribution in [0.25, 0.3) is 0 Å². The smallest absolute Gasteiger partial charge is 0.350 e. The van der Waals surface area contributed by atoms with E-state index in [1.807, 2.05) is 7.05 Å². The maximum atomic E-state index is 13.0. The van der Waals surface area contributed by atoms with Crippen molar-refractivity contribution in [1.29, 1.82) is 0 Å². The Balaban J connectivity index is 2.12. The van der Waals surface area contributed by atoms with Crippen molar-refractivity contribution < 1.29 is 18.0 Å². The molecular formula is C14H16BrF3N2O. The summed E-state index contributed by atoms with van der Waals surface area (Å²) in [6.45, 7) is 1.31. The Morgan fingerprint density at radius 1 is 1.48 bits per heavy atom. The lowest BCUT2D eigenvalue weighted by molar-refractivity contribution is -0.138. The molecule has 7 heteroatoms. The van der Waals surface area contributed by atoms with Gasteiger partial charge in [-0.1, -0.05) is 15.9 Å². The maximum absolute atomic E-state index is 13.0. The molecule has 1 heterocycles. The van der Waals surface area contributed by atoms with Crippen LogP contribution in [-0.2, 0) is 6.18 Å². The number of benzene rings is 1. The number of carbonyl (C=O) groups is 1. The van der Waals surface area contributed by atoms with Gasteiger partial charge in [0.25, 0.3) is 5.91 Å². The number of nitrogens with one attached hydrogen (secondary N) is 1. The van der Waals surface area contributed by atoms with Gasteiger partial charge in [0.2, 0.25) is 0 Å². The molecule has 1 N–H and O–H groups in total. The van der Waals surface area contributed by atoms with E-state index in [4.69, 9.17) is 0 Å². The van der Waals surface area contributed by atoms with Crippen LogP contribution in [0.1, 0.15) is 28.8 Å². The molecule has 0 bridgehead atoms. The van der Waals surface area contributed by atoms with Crippen LogP contribution in [0.4, 0.5) is 13.2 Å². The molecule has 1 unspecified atom stereocenters. The van der Waals surface area contributed by atoms with Crippen molar-refractivity contribution in [3.05, 3.63) is 33.8 Å².